The maximum absolute atomic E-state index is 11.9. The van der Waals surface area contributed by atoms with E-state index in [0.29, 0.717) is 10.9 Å². The zero-order chi connectivity index (χ0) is 14.5. The molecule has 5 nitrogen and oxygen atoms in total. The normalized spacial score (nSPS) is 10.3. The van der Waals surface area contributed by atoms with E-state index in [4.69, 9.17) is 16.0 Å². The fourth-order valence-corrected chi connectivity index (χ4v) is 2.69. The van der Waals surface area contributed by atoms with Gasteiger partial charge in [0.1, 0.15) is 0 Å². The van der Waals surface area contributed by atoms with E-state index in [9.17, 15) is 9.59 Å². The summed E-state index contributed by atoms with van der Waals surface area (Å²) >= 11 is 7.26. The smallest absolute Gasteiger partial charge is 0.287 e. The number of thiophene rings is 1. The highest BCUT2D eigenvalue weighted by molar-refractivity contribution is 7.16. The Kier molecular flexibility index (Phi) is 4.81. The molecule has 1 N–H and O–H groups in total. The van der Waals surface area contributed by atoms with Crippen molar-refractivity contribution in [2.24, 2.45) is 0 Å². The molecule has 106 valence electrons. The number of hydrogen-bond acceptors (Lipinski definition) is 4. The number of likely N-dealkylation sites (N-methyl/N-ethyl adjacent to an activating group) is 1. The summed E-state index contributed by atoms with van der Waals surface area (Å²) in [5, 5.41) is 2.51. The van der Waals surface area contributed by atoms with Gasteiger partial charge in [-0.3, -0.25) is 9.59 Å². The van der Waals surface area contributed by atoms with Crippen LogP contribution >= 0.6 is 22.9 Å². The van der Waals surface area contributed by atoms with Crippen molar-refractivity contribution in [3.8, 4) is 0 Å². The van der Waals surface area contributed by atoms with Crippen LogP contribution in [0.3, 0.4) is 0 Å². The molecule has 2 heterocycles. The third-order valence-corrected chi connectivity index (χ3v) is 3.81. The van der Waals surface area contributed by atoms with Crippen LogP contribution in [-0.2, 0) is 11.3 Å². The maximum atomic E-state index is 11.9. The molecule has 20 heavy (non-hydrogen) atoms. The SMILES string of the molecule is CN(Cc1ccc(Cl)s1)C(=O)CNC(=O)c1ccco1. The van der Waals surface area contributed by atoms with E-state index in [1.54, 1.807) is 19.2 Å². The molecule has 0 fully saturated rings. The van der Waals surface area contributed by atoms with E-state index in [1.165, 1.54) is 28.6 Å². The van der Waals surface area contributed by atoms with Crippen molar-refractivity contribution >= 4 is 34.8 Å². The van der Waals surface area contributed by atoms with Crippen LogP contribution in [0.25, 0.3) is 0 Å². The second-order valence-corrected chi connectivity index (χ2v) is 5.92. The Labute approximate surface area is 125 Å². The Hall–Kier alpha value is -1.79. The molecule has 0 aliphatic heterocycles. The van der Waals surface area contributed by atoms with E-state index >= 15 is 0 Å². The molecule has 7 heteroatoms. The number of rotatable bonds is 5. The van der Waals surface area contributed by atoms with Gasteiger partial charge in [0.2, 0.25) is 5.91 Å². The van der Waals surface area contributed by atoms with Crippen molar-refractivity contribution < 1.29 is 14.0 Å². The van der Waals surface area contributed by atoms with Crippen molar-refractivity contribution in [1.29, 1.82) is 0 Å². The molecule has 0 spiro atoms. The first-order chi connectivity index (χ1) is 9.56. The standard InChI is InChI=1S/C13H13ClN2O3S/c1-16(8-9-4-5-11(14)20-9)12(17)7-15-13(18)10-3-2-6-19-10/h2-6H,7-8H2,1H3,(H,15,18). The minimum atomic E-state index is -0.407. The summed E-state index contributed by atoms with van der Waals surface area (Å²) in [7, 11) is 1.68. The molecule has 0 bridgehead atoms. The van der Waals surface area contributed by atoms with Crippen LogP contribution in [0.1, 0.15) is 15.4 Å². The highest BCUT2D eigenvalue weighted by atomic mass is 35.5. The third kappa shape index (κ3) is 3.85. The fraction of sp³-hybridized carbons (Fsp3) is 0.231. The van der Waals surface area contributed by atoms with Crippen molar-refractivity contribution in [3.05, 3.63) is 45.5 Å². The highest BCUT2D eigenvalue weighted by Crippen LogP contribution is 2.22. The van der Waals surface area contributed by atoms with Crippen LogP contribution < -0.4 is 5.32 Å². The van der Waals surface area contributed by atoms with Gasteiger partial charge in [0.05, 0.1) is 23.7 Å². The number of carbonyl (C=O) groups is 2. The minimum absolute atomic E-state index is 0.0743. The molecule has 0 aromatic carbocycles. The molecule has 0 aliphatic carbocycles. The summed E-state index contributed by atoms with van der Waals surface area (Å²) in [5.74, 6) is -0.407. The number of nitrogens with one attached hydrogen (secondary N) is 1. The molecule has 0 atom stereocenters. The number of hydrogen-bond donors (Lipinski definition) is 1. The molecule has 2 aromatic rings. The molecule has 0 aliphatic rings. The lowest BCUT2D eigenvalue weighted by Gasteiger charge is -2.16. The molecule has 2 amide bonds. The predicted molar refractivity (Wildman–Crippen MR) is 76.8 cm³/mol. The van der Waals surface area contributed by atoms with Crippen molar-refractivity contribution in [1.82, 2.24) is 10.2 Å². The molecule has 0 radical (unpaired) electrons. The fourth-order valence-electron chi connectivity index (χ4n) is 1.54. The van der Waals surface area contributed by atoms with Crippen LogP contribution in [0.5, 0.6) is 0 Å². The number of carbonyl (C=O) groups excluding carboxylic acids is 2. The summed E-state index contributed by atoms with van der Waals surface area (Å²) in [6.07, 6.45) is 1.41. The number of halogens is 1. The highest BCUT2D eigenvalue weighted by Gasteiger charge is 2.14. The second-order valence-electron chi connectivity index (χ2n) is 4.12. The number of nitrogens with zero attached hydrogens (tertiary/aromatic N) is 1. The topological polar surface area (TPSA) is 62.6 Å². The summed E-state index contributed by atoms with van der Waals surface area (Å²) in [6, 6.07) is 6.82. The molecular formula is C13H13ClN2O3S. The third-order valence-electron chi connectivity index (χ3n) is 2.59. The van der Waals surface area contributed by atoms with E-state index in [2.05, 4.69) is 5.32 Å². The first kappa shape index (κ1) is 14.6. The van der Waals surface area contributed by atoms with E-state index in [1.807, 2.05) is 6.07 Å². The van der Waals surface area contributed by atoms with Crippen LogP contribution in [0.15, 0.2) is 34.9 Å². The van der Waals surface area contributed by atoms with E-state index < -0.39 is 5.91 Å². The van der Waals surface area contributed by atoms with Crippen LogP contribution in [0, 0.1) is 0 Å². The lowest BCUT2D eigenvalue weighted by molar-refractivity contribution is -0.129. The number of furan rings is 1. The average molecular weight is 313 g/mol. The molecular weight excluding hydrogens is 300 g/mol. The second kappa shape index (κ2) is 6.58. The lowest BCUT2D eigenvalue weighted by Crippen LogP contribution is -2.37. The Balaban J connectivity index is 1.81. The van der Waals surface area contributed by atoms with Crippen LogP contribution in [0.2, 0.25) is 4.34 Å². The zero-order valence-corrected chi connectivity index (χ0v) is 12.3. The molecule has 2 aromatic heterocycles. The van der Waals surface area contributed by atoms with Crippen LogP contribution in [0.4, 0.5) is 0 Å². The summed E-state index contributed by atoms with van der Waals surface area (Å²) in [5.41, 5.74) is 0. The van der Waals surface area contributed by atoms with Crippen molar-refractivity contribution in [3.63, 3.8) is 0 Å². The van der Waals surface area contributed by atoms with Crippen molar-refractivity contribution in [2.45, 2.75) is 6.54 Å². The summed E-state index contributed by atoms with van der Waals surface area (Å²) in [6.45, 7) is 0.391. The van der Waals surface area contributed by atoms with E-state index in [0.717, 1.165) is 4.88 Å². The Morgan fingerprint density at radius 2 is 2.20 bits per heavy atom. The quantitative estimate of drug-likeness (QED) is 0.922. The van der Waals surface area contributed by atoms with Gasteiger partial charge in [0, 0.05) is 11.9 Å². The Morgan fingerprint density at radius 1 is 1.40 bits per heavy atom. The van der Waals surface area contributed by atoms with Gasteiger partial charge in [-0.2, -0.15) is 0 Å². The molecule has 0 unspecified atom stereocenters. The first-order valence-corrected chi connectivity index (χ1v) is 7.05. The predicted octanol–water partition coefficient (Wildman–Crippen LogP) is 2.38. The van der Waals surface area contributed by atoms with Gasteiger partial charge in [0.15, 0.2) is 5.76 Å². The average Bonchev–Trinajstić information content (AvgIpc) is 3.07. The summed E-state index contributed by atoms with van der Waals surface area (Å²) in [4.78, 5) is 26.0. The molecule has 0 saturated carbocycles. The molecule has 2 rings (SSSR count). The van der Waals surface area contributed by atoms with E-state index in [-0.39, 0.29) is 18.2 Å². The van der Waals surface area contributed by atoms with Crippen LogP contribution in [-0.4, -0.2) is 30.3 Å². The maximum Gasteiger partial charge on any atom is 0.287 e. The molecule has 0 saturated heterocycles. The van der Waals surface area contributed by atoms with Gasteiger partial charge in [0.25, 0.3) is 5.91 Å². The largest absolute Gasteiger partial charge is 0.459 e. The number of amides is 2. The van der Waals surface area contributed by atoms with Gasteiger partial charge < -0.3 is 14.6 Å². The van der Waals surface area contributed by atoms with Crippen molar-refractivity contribution in [2.75, 3.05) is 13.6 Å². The first-order valence-electron chi connectivity index (χ1n) is 5.86. The minimum Gasteiger partial charge on any atom is -0.459 e. The van der Waals surface area contributed by atoms with Gasteiger partial charge in [-0.25, -0.2) is 0 Å². The zero-order valence-electron chi connectivity index (χ0n) is 10.8. The van der Waals surface area contributed by atoms with Gasteiger partial charge in [-0.15, -0.1) is 11.3 Å². The lowest BCUT2D eigenvalue weighted by atomic mass is 10.4. The Morgan fingerprint density at radius 3 is 2.80 bits per heavy atom. The van der Waals surface area contributed by atoms with Gasteiger partial charge in [-0.1, -0.05) is 11.6 Å². The Bertz CT molecular complexity index is 595. The monoisotopic (exact) mass is 312 g/mol. The van der Waals surface area contributed by atoms with Gasteiger partial charge >= 0.3 is 0 Å². The summed E-state index contributed by atoms with van der Waals surface area (Å²) < 4.78 is 5.62. The van der Waals surface area contributed by atoms with Gasteiger partial charge in [-0.05, 0) is 24.3 Å².